The molecule has 0 bridgehead atoms. The molecule has 0 saturated carbocycles. The number of amides is 1. The zero-order chi connectivity index (χ0) is 25.6. The zero-order valence-corrected chi connectivity index (χ0v) is 19.8. The Morgan fingerprint density at radius 3 is 2.34 bits per heavy atom. The van der Waals surface area contributed by atoms with Crippen LogP contribution < -0.4 is 4.18 Å². The molecule has 0 N–H and O–H groups in total. The lowest BCUT2D eigenvalue weighted by Crippen LogP contribution is -2.35. The predicted octanol–water partition coefficient (Wildman–Crippen LogP) is 4.95. The Hall–Kier alpha value is -4.05. The number of hydrogen-bond donors (Lipinski definition) is 0. The highest BCUT2D eigenvalue weighted by molar-refractivity contribution is 7.87. The lowest BCUT2D eigenvalue weighted by molar-refractivity contribution is -0.384. The summed E-state index contributed by atoms with van der Waals surface area (Å²) in [5, 5.41) is 10.8. The Morgan fingerprint density at radius 2 is 1.74 bits per heavy atom. The lowest BCUT2D eigenvalue weighted by atomic mass is 10.1. The first-order chi connectivity index (χ1) is 16.5. The molecule has 0 aliphatic rings. The van der Waals surface area contributed by atoms with Gasteiger partial charge in [0.2, 0.25) is 5.91 Å². The third-order valence-electron chi connectivity index (χ3n) is 4.99. The first-order valence-corrected chi connectivity index (χ1v) is 12.0. The number of rotatable bonds is 9. The van der Waals surface area contributed by atoms with Gasteiger partial charge in [-0.3, -0.25) is 14.9 Å². The van der Waals surface area contributed by atoms with Crippen LogP contribution in [0, 0.1) is 15.9 Å². The molecule has 3 aromatic rings. The van der Waals surface area contributed by atoms with E-state index < -0.39 is 20.9 Å². The molecular formula is C25H23FN2O6S. The topological polar surface area (TPSA) is 107 Å². The van der Waals surface area contributed by atoms with Crippen molar-refractivity contribution in [2.75, 3.05) is 0 Å². The number of benzene rings is 3. The summed E-state index contributed by atoms with van der Waals surface area (Å²) >= 11 is 0. The van der Waals surface area contributed by atoms with Gasteiger partial charge >= 0.3 is 10.1 Å². The van der Waals surface area contributed by atoms with Gasteiger partial charge in [0.15, 0.2) is 0 Å². The van der Waals surface area contributed by atoms with Crippen LogP contribution in [0.3, 0.4) is 0 Å². The van der Waals surface area contributed by atoms with Crippen LogP contribution in [-0.2, 0) is 21.5 Å². The highest BCUT2D eigenvalue weighted by Crippen LogP contribution is 2.22. The minimum absolute atomic E-state index is 0.0409. The number of nitro benzene ring substituents is 1. The van der Waals surface area contributed by atoms with Crippen LogP contribution in [0.5, 0.6) is 5.75 Å². The second-order valence-corrected chi connectivity index (χ2v) is 9.43. The molecule has 0 spiro atoms. The van der Waals surface area contributed by atoms with Gasteiger partial charge in [0.05, 0.1) is 4.92 Å². The fourth-order valence-electron chi connectivity index (χ4n) is 3.15. The average molecular weight is 499 g/mol. The highest BCUT2D eigenvalue weighted by Gasteiger charge is 2.19. The van der Waals surface area contributed by atoms with Crippen LogP contribution in [0.2, 0.25) is 0 Å². The molecule has 35 heavy (non-hydrogen) atoms. The summed E-state index contributed by atoms with van der Waals surface area (Å²) in [5.74, 6) is -0.792. The molecule has 3 aromatic carbocycles. The minimum atomic E-state index is -4.16. The monoisotopic (exact) mass is 498 g/mol. The van der Waals surface area contributed by atoms with Gasteiger partial charge in [-0.05, 0) is 79.6 Å². The molecule has 0 fully saturated rings. The molecule has 0 saturated heterocycles. The quantitative estimate of drug-likeness (QED) is 0.179. The molecule has 0 aromatic heterocycles. The van der Waals surface area contributed by atoms with Crippen molar-refractivity contribution in [2.24, 2.45) is 0 Å². The average Bonchev–Trinajstić information content (AvgIpc) is 2.81. The SMILES string of the molecule is CC(C)N(Cc1cccc(OS(=O)(=O)c2ccc(F)cc2)c1)C(=O)/C=C/c1ccc([N+](=O)[O-])cc1. The van der Waals surface area contributed by atoms with E-state index in [2.05, 4.69) is 0 Å². The number of nitrogens with zero attached hydrogens (tertiary/aromatic N) is 2. The van der Waals surface area contributed by atoms with Crippen LogP contribution in [0.1, 0.15) is 25.0 Å². The van der Waals surface area contributed by atoms with E-state index in [1.807, 2.05) is 13.8 Å². The van der Waals surface area contributed by atoms with Crippen LogP contribution >= 0.6 is 0 Å². The Kier molecular flexibility index (Phi) is 7.98. The lowest BCUT2D eigenvalue weighted by Gasteiger charge is -2.26. The van der Waals surface area contributed by atoms with Gasteiger partial charge < -0.3 is 9.08 Å². The van der Waals surface area contributed by atoms with E-state index in [1.54, 1.807) is 35.2 Å². The number of carbonyl (C=O) groups is 1. The van der Waals surface area contributed by atoms with E-state index in [0.29, 0.717) is 11.1 Å². The van der Waals surface area contributed by atoms with Gasteiger partial charge in [-0.1, -0.05) is 12.1 Å². The standard InChI is InChI=1S/C25H23FN2O6S/c1-18(2)27(25(29)15-8-19-6-11-22(12-7-19)28(30)31)17-20-4-3-5-23(16-20)34-35(32,33)24-13-9-21(26)10-14-24/h3-16,18H,17H2,1-2H3/b15-8+. The zero-order valence-electron chi connectivity index (χ0n) is 19.0. The first-order valence-electron chi connectivity index (χ1n) is 10.6. The van der Waals surface area contributed by atoms with E-state index in [0.717, 1.165) is 24.3 Å². The van der Waals surface area contributed by atoms with Crippen molar-refractivity contribution in [3.8, 4) is 5.75 Å². The number of halogens is 1. The predicted molar refractivity (Wildman–Crippen MR) is 128 cm³/mol. The minimum Gasteiger partial charge on any atom is -0.379 e. The van der Waals surface area contributed by atoms with Gasteiger partial charge in [0.1, 0.15) is 16.5 Å². The summed E-state index contributed by atoms with van der Waals surface area (Å²) in [6.07, 6.45) is 2.94. The summed E-state index contributed by atoms with van der Waals surface area (Å²) < 4.78 is 43.3. The molecule has 0 aliphatic heterocycles. The molecule has 0 unspecified atom stereocenters. The van der Waals surface area contributed by atoms with Crippen molar-refractivity contribution in [1.29, 1.82) is 0 Å². The second-order valence-electron chi connectivity index (χ2n) is 7.88. The van der Waals surface area contributed by atoms with E-state index in [-0.39, 0.29) is 34.8 Å². The third kappa shape index (κ3) is 6.97. The molecule has 0 aliphatic carbocycles. The van der Waals surface area contributed by atoms with Gasteiger partial charge in [-0.25, -0.2) is 4.39 Å². The number of hydrogen-bond acceptors (Lipinski definition) is 6. The van der Waals surface area contributed by atoms with Crippen molar-refractivity contribution in [3.63, 3.8) is 0 Å². The second kappa shape index (κ2) is 10.9. The van der Waals surface area contributed by atoms with Gasteiger partial charge in [-0.15, -0.1) is 0 Å². The Balaban J connectivity index is 1.73. The maximum Gasteiger partial charge on any atom is 0.339 e. The van der Waals surface area contributed by atoms with Gasteiger partial charge in [0, 0.05) is 30.8 Å². The van der Waals surface area contributed by atoms with Crippen LogP contribution in [0.25, 0.3) is 6.08 Å². The molecule has 10 heteroatoms. The van der Waals surface area contributed by atoms with E-state index in [9.17, 15) is 27.7 Å². The summed E-state index contributed by atoms with van der Waals surface area (Å²) in [6.45, 7) is 3.88. The van der Waals surface area contributed by atoms with Crippen molar-refractivity contribution < 1.29 is 26.7 Å². The van der Waals surface area contributed by atoms with Crippen LogP contribution in [-0.4, -0.2) is 30.2 Å². The molecular weight excluding hydrogens is 475 g/mol. The van der Waals surface area contributed by atoms with Crippen LogP contribution in [0.4, 0.5) is 10.1 Å². The molecule has 0 atom stereocenters. The summed E-state index contributed by atoms with van der Waals surface area (Å²) in [5.41, 5.74) is 1.23. The molecule has 3 rings (SSSR count). The van der Waals surface area contributed by atoms with E-state index in [1.165, 1.54) is 30.3 Å². The maximum absolute atomic E-state index is 13.1. The maximum atomic E-state index is 13.1. The van der Waals surface area contributed by atoms with Crippen molar-refractivity contribution in [2.45, 2.75) is 31.3 Å². The highest BCUT2D eigenvalue weighted by atomic mass is 32.2. The van der Waals surface area contributed by atoms with Crippen molar-refractivity contribution in [3.05, 3.63) is 106 Å². The number of non-ortho nitro benzene ring substituents is 1. The molecule has 0 heterocycles. The first kappa shape index (κ1) is 25.6. The summed E-state index contributed by atoms with van der Waals surface area (Å²) in [7, 11) is -4.16. The third-order valence-corrected chi connectivity index (χ3v) is 6.25. The molecule has 8 nitrogen and oxygen atoms in total. The molecule has 0 radical (unpaired) electrons. The Morgan fingerprint density at radius 1 is 1.09 bits per heavy atom. The van der Waals surface area contributed by atoms with E-state index in [4.69, 9.17) is 4.18 Å². The van der Waals surface area contributed by atoms with Gasteiger partial charge in [0.25, 0.3) is 5.69 Å². The largest absolute Gasteiger partial charge is 0.379 e. The molecule has 182 valence electrons. The fraction of sp³-hybridized carbons (Fsp3) is 0.160. The number of carbonyl (C=O) groups excluding carboxylic acids is 1. The summed E-state index contributed by atoms with van der Waals surface area (Å²) in [4.78, 5) is 24.5. The van der Waals surface area contributed by atoms with E-state index >= 15 is 0 Å². The van der Waals surface area contributed by atoms with Crippen molar-refractivity contribution in [1.82, 2.24) is 4.90 Å². The Labute approximate surface area is 202 Å². The molecule has 1 amide bonds. The fourth-order valence-corrected chi connectivity index (χ4v) is 4.08. The number of nitro groups is 1. The Bertz CT molecular complexity index is 1340. The van der Waals surface area contributed by atoms with Gasteiger partial charge in [-0.2, -0.15) is 8.42 Å². The van der Waals surface area contributed by atoms with Crippen molar-refractivity contribution >= 4 is 27.8 Å². The van der Waals surface area contributed by atoms with Crippen LogP contribution in [0.15, 0.2) is 83.8 Å². The normalized spacial score (nSPS) is 11.5. The smallest absolute Gasteiger partial charge is 0.339 e. The summed E-state index contributed by atoms with van der Waals surface area (Å²) in [6, 6.07) is 16.3.